The van der Waals surface area contributed by atoms with Crippen LogP contribution in [0.15, 0.2) is 24.3 Å². The van der Waals surface area contributed by atoms with Gasteiger partial charge in [-0.25, -0.2) is 18.2 Å². The van der Waals surface area contributed by atoms with Crippen LogP contribution in [0.25, 0.3) is 11.3 Å². The Balaban J connectivity index is 2.58. The van der Waals surface area contributed by atoms with Crippen LogP contribution in [0.2, 0.25) is 0 Å². The number of hydrogen-bond acceptors (Lipinski definition) is 3. The van der Waals surface area contributed by atoms with Gasteiger partial charge in [0.25, 0.3) is 5.91 Å². The van der Waals surface area contributed by atoms with E-state index < -0.39 is 34.6 Å². The molecule has 0 spiro atoms. The van der Waals surface area contributed by atoms with Crippen LogP contribution >= 0.6 is 0 Å². The van der Waals surface area contributed by atoms with E-state index in [1.165, 1.54) is 0 Å². The molecule has 0 bridgehead atoms. The Morgan fingerprint density at radius 3 is 2.23 bits per heavy atom. The SMILES string of the molecule is CC(C)Oc1cc(F)c(-c2nc(C(N)=O)ccc2F)c(F)c1. The highest BCUT2D eigenvalue weighted by Gasteiger charge is 2.20. The topological polar surface area (TPSA) is 65.2 Å². The Hall–Kier alpha value is -2.57. The van der Waals surface area contributed by atoms with E-state index in [-0.39, 0.29) is 17.5 Å². The molecule has 22 heavy (non-hydrogen) atoms. The molecule has 1 amide bonds. The first kappa shape index (κ1) is 15.8. The Morgan fingerprint density at radius 2 is 1.73 bits per heavy atom. The van der Waals surface area contributed by atoms with Crippen molar-refractivity contribution in [2.75, 3.05) is 0 Å². The van der Waals surface area contributed by atoms with Crippen molar-refractivity contribution in [3.8, 4) is 17.0 Å². The van der Waals surface area contributed by atoms with Gasteiger partial charge in [0, 0.05) is 12.1 Å². The number of carbonyl (C=O) groups excluding carboxylic acids is 1. The smallest absolute Gasteiger partial charge is 0.267 e. The summed E-state index contributed by atoms with van der Waals surface area (Å²) < 4.78 is 47.2. The highest BCUT2D eigenvalue weighted by molar-refractivity contribution is 5.91. The van der Waals surface area contributed by atoms with Crippen molar-refractivity contribution in [2.45, 2.75) is 20.0 Å². The van der Waals surface area contributed by atoms with Crippen molar-refractivity contribution in [3.05, 3.63) is 47.4 Å². The average molecular weight is 310 g/mol. The van der Waals surface area contributed by atoms with Crippen molar-refractivity contribution in [1.29, 1.82) is 0 Å². The van der Waals surface area contributed by atoms with Crippen molar-refractivity contribution in [2.24, 2.45) is 5.73 Å². The maximum absolute atomic E-state index is 14.1. The summed E-state index contributed by atoms with van der Waals surface area (Å²) in [7, 11) is 0. The van der Waals surface area contributed by atoms with E-state index in [1.807, 2.05) is 0 Å². The minimum absolute atomic E-state index is 0.0276. The highest BCUT2D eigenvalue weighted by Crippen LogP contribution is 2.30. The number of nitrogens with two attached hydrogens (primary N) is 1. The molecule has 0 aliphatic rings. The van der Waals surface area contributed by atoms with Gasteiger partial charge in [-0.15, -0.1) is 0 Å². The molecule has 0 atom stereocenters. The van der Waals surface area contributed by atoms with Gasteiger partial charge in [-0.1, -0.05) is 0 Å². The largest absolute Gasteiger partial charge is 0.491 e. The van der Waals surface area contributed by atoms with Gasteiger partial charge in [0.1, 0.15) is 34.6 Å². The minimum atomic E-state index is -1.05. The number of hydrogen-bond donors (Lipinski definition) is 1. The predicted octanol–water partition coefficient (Wildman–Crippen LogP) is 3.05. The molecule has 2 N–H and O–H groups in total. The maximum Gasteiger partial charge on any atom is 0.267 e. The predicted molar refractivity (Wildman–Crippen MR) is 73.8 cm³/mol. The maximum atomic E-state index is 14.1. The van der Waals surface area contributed by atoms with E-state index >= 15 is 0 Å². The molecule has 0 saturated heterocycles. The third-order valence-corrected chi connectivity index (χ3v) is 2.72. The molecular weight excluding hydrogens is 297 g/mol. The molecule has 0 aliphatic heterocycles. The quantitative estimate of drug-likeness (QED) is 0.944. The Morgan fingerprint density at radius 1 is 1.14 bits per heavy atom. The van der Waals surface area contributed by atoms with E-state index in [0.717, 1.165) is 24.3 Å². The molecule has 2 aromatic rings. The zero-order valence-corrected chi connectivity index (χ0v) is 11.9. The average Bonchev–Trinajstić information content (AvgIpc) is 2.38. The fraction of sp³-hybridized carbons (Fsp3) is 0.200. The molecule has 4 nitrogen and oxygen atoms in total. The van der Waals surface area contributed by atoms with Crippen LogP contribution in [-0.2, 0) is 0 Å². The normalized spacial score (nSPS) is 10.8. The van der Waals surface area contributed by atoms with Crippen LogP contribution < -0.4 is 10.5 Å². The molecule has 0 radical (unpaired) electrons. The number of rotatable bonds is 4. The number of amides is 1. The second kappa shape index (κ2) is 6.05. The molecule has 116 valence electrons. The van der Waals surface area contributed by atoms with Crippen LogP contribution in [0, 0.1) is 17.5 Å². The molecule has 2 rings (SSSR count). The van der Waals surface area contributed by atoms with Crippen molar-refractivity contribution < 1.29 is 22.7 Å². The van der Waals surface area contributed by atoms with Crippen LogP contribution in [0.4, 0.5) is 13.2 Å². The third-order valence-electron chi connectivity index (χ3n) is 2.72. The minimum Gasteiger partial charge on any atom is -0.491 e. The molecule has 1 heterocycles. The first-order chi connectivity index (χ1) is 10.3. The lowest BCUT2D eigenvalue weighted by Gasteiger charge is -2.12. The standard InChI is InChI=1S/C15H13F3N2O2/c1-7(2)22-8-5-10(17)13(11(18)6-8)14-9(16)3-4-12(20-14)15(19)21/h3-7H,1-2H3,(H2,19,21). The summed E-state index contributed by atoms with van der Waals surface area (Å²) in [6, 6.07) is 3.76. The van der Waals surface area contributed by atoms with Crippen LogP contribution in [0.3, 0.4) is 0 Å². The Kier molecular flexibility index (Phi) is 4.35. The number of primary amides is 1. The van der Waals surface area contributed by atoms with Gasteiger partial charge in [-0.2, -0.15) is 0 Å². The molecule has 1 aromatic carbocycles. The number of benzene rings is 1. The zero-order chi connectivity index (χ0) is 16.4. The number of pyridine rings is 1. The first-order valence-electron chi connectivity index (χ1n) is 6.42. The van der Waals surface area contributed by atoms with E-state index in [4.69, 9.17) is 10.5 Å². The number of carbonyl (C=O) groups is 1. The number of nitrogens with zero attached hydrogens (tertiary/aromatic N) is 1. The lowest BCUT2D eigenvalue weighted by Crippen LogP contribution is -2.14. The molecular formula is C15H13F3N2O2. The fourth-order valence-electron chi connectivity index (χ4n) is 1.87. The summed E-state index contributed by atoms with van der Waals surface area (Å²) in [5.41, 5.74) is 3.43. The molecule has 0 aliphatic carbocycles. The molecule has 0 saturated carbocycles. The second-order valence-electron chi connectivity index (χ2n) is 4.82. The van der Waals surface area contributed by atoms with E-state index in [0.29, 0.717) is 0 Å². The van der Waals surface area contributed by atoms with Crippen LogP contribution in [0.1, 0.15) is 24.3 Å². The van der Waals surface area contributed by atoms with Gasteiger partial charge in [0.2, 0.25) is 0 Å². The third kappa shape index (κ3) is 3.19. The molecule has 7 heteroatoms. The van der Waals surface area contributed by atoms with Crippen molar-refractivity contribution in [3.63, 3.8) is 0 Å². The monoisotopic (exact) mass is 310 g/mol. The summed E-state index contributed by atoms with van der Waals surface area (Å²) in [5, 5.41) is 0. The van der Waals surface area contributed by atoms with Gasteiger partial charge in [-0.3, -0.25) is 4.79 Å². The Labute approximate surface area is 124 Å². The Bertz CT molecular complexity index is 710. The molecule has 0 unspecified atom stereocenters. The number of aromatic nitrogens is 1. The lowest BCUT2D eigenvalue weighted by atomic mass is 10.1. The van der Waals surface area contributed by atoms with E-state index in [2.05, 4.69) is 4.98 Å². The number of halogens is 3. The van der Waals surface area contributed by atoms with Gasteiger partial charge in [0.05, 0.1) is 11.7 Å². The summed E-state index contributed by atoms with van der Waals surface area (Å²) in [4.78, 5) is 14.7. The summed E-state index contributed by atoms with van der Waals surface area (Å²) in [6.45, 7) is 3.39. The lowest BCUT2D eigenvalue weighted by molar-refractivity contribution is 0.0995. The number of ether oxygens (including phenoxy) is 1. The molecule has 1 aromatic heterocycles. The first-order valence-corrected chi connectivity index (χ1v) is 6.42. The zero-order valence-electron chi connectivity index (χ0n) is 11.9. The molecule has 0 fully saturated rings. The summed E-state index contributed by atoms with van der Waals surface area (Å²) >= 11 is 0. The summed E-state index contributed by atoms with van der Waals surface area (Å²) in [5.74, 6) is -4.03. The second-order valence-corrected chi connectivity index (χ2v) is 4.82. The van der Waals surface area contributed by atoms with E-state index in [9.17, 15) is 18.0 Å². The van der Waals surface area contributed by atoms with Crippen molar-refractivity contribution in [1.82, 2.24) is 4.98 Å². The van der Waals surface area contributed by atoms with Crippen LogP contribution in [-0.4, -0.2) is 17.0 Å². The van der Waals surface area contributed by atoms with Gasteiger partial charge in [-0.05, 0) is 26.0 Å². The van der Waals surface area contributed by atoms with Crippen molar-refractivity contribution >= 4 is 5.91 Å². The van der Waals surface area contributed by atoms with Gasteiger partial charge >= 0.3 is 0 Å². The summed E-state index contributed by atoms with van der Waals surface area (Å²) in [6.07, 6.45) is -0.280. The van der Waals surface area contributed by atoms with Crippen LogP contribution in [0.5, 0.6) is 5.75 Å². The fourth-order valence-corrected chi connectivity index (χ4v) is 1.87. The van der Waals surface area contributed by atoms with Gasteiger partial charge < -0.3 is 10.5 Å². The van der Waals surface area contributed by atoms with E-state index in [1.54, 1.807) is 13.8 Å². The highest BCUT2D eigenvalue weighted by atomic mass is 19.1. The van der Waals surface area contributed by atoms with Gasteiger partial charge in [0.15, 0.2) is 0 Å².